The number of rotatable bonds is 7. The second-order valence-electron chi connectivity index (χ2n) is 6.46. The molecule has 0 spiro atoms. The molecule has 0 unspecified atom stereocenters. The van der Waals surface area contributed by atoms with Crippen LogP contribution in [0.2, 0.25) is 0 Å². The van der Waals surface area contributed by atoms with Crippen molar-refractivity contribution in [2.75, 3.05) is 25.7 Å². The van der Waals surface area contributed by atoms with Crippen molar-refractivity contribution >= 4 is 17.5 Å². The molecule has 0 bridgehead atoms. The van der Waals surface area contributed by atoms with Crippen LogP contribution in [0, 0.1) is 0 Å². The van der Waals surface area contributed by atoms with Crippen molar-refractivity contribution in [2.24, 2.45) is 0 Å². The molecule has 0 aliphatic carbocycles. The molecule has 1 heterocycles. The molecule has 6 heteroatoms. The van der Waals surface area contributed by atoms with E-state index in [2.05, 4.69) is 5.32 Å². The Labute approximate surface area is 159 Å². The van der Waals surface area contributed by atoms with E-state index in [1.165, 1.54) is 0 Å². The first-order chi connectivity index (χ1) is 13.1. The lowest BCUT2D eigenvalue weighted by Gasteiger charge is -2.16. The first-order valence-corrected chi connectivity index (χ1v) is 8.97. The highest BCUT2D eigenvalue weighted by atomic mass is 16.5. The average Bonchev–Trinajstić information content (AvgIpc) is 3.12. The predicted molar refractivity (Wildman–Crippen MR) is 103 cm³/mol. The molecule has 3 rings (SSSR count). The molecule has 27 heavy (non-hydrogen) atoms. The van der Waals surface area contributed by atoms with E-state index in [9.17, 15) is 9.59 Å². The number of nitrogens with one attached hydrogen (secondary N) is 1. The fourth-order valence-corrected chi connectivity index (χ4v) is 3.15. The van der Waals surface area contributed by atoms with Gasteiger partial charge in [0.25, 0.3) is 0 Å². The van der Waals surface area contributed by atoms with Crippen LogP contribution >= 0.6 is 0 Å². The summed E-state index contributed by atoms with van der Waals surface area (Å²) >= 11 is 0. The van der Waals surface area contributed by atoms with Crippen molar-refractivity contribution in [3.63, 3.8) is 0 Å². The first kappa shape index (κ1) is 18.8. The Morgan fingerprint density at radius 3 is 2.37 bits per heavy atom. The number of nitrogens with zero attached hydrogens (tertiary/aromatic N) is 1. The molecule has 1 aliphatic rings. The Morgan fingerprint density at radius 1 is 1.04 bits per heavy atom. The minimum Gasteiger partial charge on any atom is -0.493 e. The van der Waals surface area contributed by atoms with Gasteiger partial charge in [-0.2, -0.15) is 0 Å². The summed E-state index contributed by atoms with van der Waals surface area (Å²) in [5, 5.41) is 2.91. The molecule has 1 fully saturated rings. The van der Waals surface area contributed by atoms with Gasteiger partial charge in [-0.05, 0) is 41.8 Å². The Kier molecular flexibility index (Phi) is 5.96. The van der Waals surface area contributed by atoms with Crippen molar-refractivity contribution in [1.82, 2.24) is 5.32 Å². The van der Waals surface area contributed by atoms with E-state index in [1.807, 2.05) is 42.5 Å². The van der Waals surface area contributed by atoms with Gasteiger partial charge in [0.15, 0.2) is 11.5 Å². The van der Waals surface area contributed by atoms with Crippen LogP contribution in [0.5, 0.6) is 11.5 Å². The van der Waals surface area contributed by atoms with E-state index in [4.69, 9.17) is 9.47 Å². The Hall–Kier alpha value is -3.02. The number of anilines is 1. The minimum atomic E-state index is -0.0604. The number of benzene rings is 2. The number of carbonyl (C=O) groups excluding carboxylic acids is 2. The summed E-state index contributed by atoms with van der Waals surface area (Å²) in [6.45, 7) is 1.18. The molecule has 2 aromatic rings. The summed E-state index contributed by atoms with van der Waals surface area (Å²) in [7, 11) is 3.17. The summed E-state index contributed by atoms with van der Waals surface area (Å²) in [4.78, 5) is 25.8. The molecule has 0 atom stereocenters. The highest BCUT2D eigenvalue weighted by Gasteiger charge is 2.21. The first-order valence-electron chi connectivity index (χ1n) is 8.97. The molecule has 0 radical (unpaired) electrons. The van der Waals surface area contributed by atoms with Crippen LogP contribution in [-0.4, -0.2) is 32.6 Å². The standard InChI is InChI=1S/C21H24N2O4/c1-26-18-10-7-16(12-19(18)27-2)14-22-20(24)13-15-5-8-17(9-6-15)23-11-3-4-21(23)25/h5-10,12H,3-4,11,13-14H2,1-2H3,(H,22,24). The number of ether oxygens (including phenoxy) is 2. The second kappa shape index (κ2) is 8.58. The molecule has 1 saturated heterocycles. The zero-order chi connectivity index (χ0) is 19.2. The molecule has 0 saturated carbocycles. The summed E-state index contributed by atoms with van der Waals surface area (Å²) in [5.41, 5.74) is 2.74. The van der Waals surface area contributed by atoms with Crippen LogP contribution in [0.25, 0.3) is 0 Å². The van der Waals surface area contributed by atoms with E-state index in [0.717, 1.165) is 29.8 Å². The lowest BCUT2D eigenvalue weighted by molar-refractivity contribution is -0.120. The van der Waals surface area contributed by atoms with Crippen LogP contribution in [0.1, 0.15) is 24.0 Å². The van der Waals surface area contributed by atoms with Gasteiger partial charge < -0.3 is 19.7 Å². The molecular weight excluding hydrogens is 344 g/mol. The molecule has 1 N–H and O–H groups in total. The average molecular weight is 368 g/mol. The van der Waals surface area contributed by atoms with E-state index in [-0.39, 0.29) is 11.8 Å². The Morgan fingerprint density at radius 2 is 1.74 bits per heavy atom. The third-order valence-electron chi connectivity index (χ3n) is 4.62. The van der Waals surface area contributed by atoms with Gasteiger partial charge >= 0.3 is 0 Å². The van der Waals surface area contributed by atoms with Crippen LogP contribution in [0.15, 0.2) is 42.5 Å². The van der Waals surface area contributed by atoms with Crippen LogP contribution in [0.4, 0.5) is 5.69 Å². The zero-order valence-electron chi connectivity index (χ0n) is 15.7. The lowest BCUT2D eigenvalue weighted by atomic mass is 10.1. The smallest absolute Gasteiger partial charge is 0.227 e. The summed E-state index contributed by atoms with van der Waals surface area (Å²) in [6.07, 6.45) is 1.81. The van der Waals surface area contributed by atoms with Gasteiger partial charge in [0.2, 0.25) is 11.8 Å². The summed E-state index contributed by atoms with van der Waals surface area (Å²) in [5.74, 6) is 1.39. The van der Waals surface area contributed by atoms with Gasteiger partial charge in [0, 0.05) is 25.2 Å². The van der Waals surface area contributed by atoms with Gasteiger partial charge in [-0.1, -0.05) is 18.2 Å². The molecule has 1 aliphatic heterocycles. The third kappa shape index (κ3) is 4.58. The monoisotopic (exact) mass is 368 g/mol. The molecule has 6 nitrogen and oxygen atoms in total. The highest BCUT2D eigenvalue weighted by Crippen LogP contribution is 2.27. The van der Waals surface area contributed by atoms with Crippen LogP contribution < -0.4 is 19.7 Å². The Bertz CT molecular complexity index is 817. The van der Waals surface area contributed by atoms with E-state index in [0.29, 0.717) is 30.9 Å². The topological polar surface area (TPSA) is 67.9 Å². The third-order valence-corrected chi connectivity index (χ3v) is 4.62. The molecular formula is C21H24N2O4. The van der Waals surface area contributed by atoms with Gasteiger partial charge in [-0.15, -0.1) is 0 Å². The SMILES string of the molecule is COc1ccc(CNC(=O)Cc2ccc(N3CCCC3=O)cc2)cc1OC. The van der Waals surface area contributed by atoms with Gasteiger partial charge in [0.1, 0.15) is 0 Å². The quantitative estimate of drug-likeness (QED) is 0.816. The highest BCUT2D eigenvalue weighted by molar-refractivity contribution is 5.95. The fraction of sp³-hybridized carbons (Fsp3) is 0.333. The zero-order valence-corrected chi connectivity index (χ0v) is 15.7. The predicted octanol–water partition coefficient (Wildman–Crippen LogP) is 2.69. The van der Waals surface area contributed by atoms with Gasteiger partial charge in [-0.3, -0.25) is 9.59 Å². The molecule has 0 aromatic heterocycles. The van der Waals surface area contributed by atoms with Crippen molar-refractivity contribution in [2.45, 2.75) is 25.8 Å². The number of carbonyl (C=O) groups is 2. The van der Waals surface area contributed by atoms with Crippen LogP contribution in [-0.2, 0) is 22.6 Å². The fourth-order valence-electron chi connectivity index (χ4n) is 3.15. The maximum atomic E-state index is 12.2. The van der Waals surface area contributed by atoms with Crippen molar-refractivity contribution < 1.29 is 19.1 Å². The number of amides is 2. The van der Waals surface area contributed by atoms with Gasteiger partial charge in [-0.25, -0.2) is 0 Å². The number of methoxy groups -OCH3 is 2. The largest absolute Gasteiger partial charge is 0.493 e. The van der Waals surface area contributed by atoms with Crippen LogP contribution in [0.3, 0.4) is 0 Å². The maximum absolute atomic E-state index is 12.2. The maximum Gasteiger partial charge on any atom is 0.227 e. The lowest BCUT2D eigenvalue weighted by Crippen LogP contribution is -2.25. The number of hydrogen-bond donors (Lipinski definition) is 1. The van der Waals surface area contributed by atoms with Crippen molar-refractivity contribution in [3.05, 3.63) is 53.6 Å². The minimum absolute atomic E-state index is 0.0604. The molecule has 2 amide bonds. The van der Waals surface area contributed by atoms with E-state index >= 15 is 0 Å². The van der Waals surface area contributed by atoms with E-state index in [1.54, 1.807) is 19.1 Å². The number of hydrogen-bond acceptors (Lipinski definition) is 4. The van der Waals surface area contributed by atoms with E-state index < -0.39 is 0 Å². The second-order valence-corrected chi connectivity index (χ2v) is 6.46. The Balaban J connectivity index is 1.54. The summed E-state index contributed by atoms with van der Waals surface area (Å²) < 4.78 is 10.5. The molecule has 142 valence electrons. The normalized spacial score (nSPS) is 13.6. The van der Waals surface area contributed by atoms with Crippen molar-refractivity contribution in [3.8, 4) is 11.5 Å². The van der Waals surface area contributed by atoms with Gasteiger partial charge in [0.05, 0.1) is 20.6 Å². The summed E-state index contributed by atoms with van der Waals surface area (Å²) in [6, 6.07) is 13.2. The molecule has 2 aromatic carbocycles. The van der Waals surface area contributed by atoms with Crippen molar-refractivity contribution in [1.29, 1.82) is 0 Å².